The number of amides is 1. The first-order valence-corrected chi connectivity index (χ1v) is 5.76. The van der Waals surface area contributed by atoms with E-state index in [1.165, 1.54) is 7.11 Å². The summed E-state index contributed by atoms with van der Waals surface area (Å²) in [6.07, 6.45) is 0.748. The van der Waals surface area contributed by atoms with Crippen LogP contribution in [0.4, 0.5) is 5.69 Å². The van der Waals surface area contributed by atoms with Crippen LogP contribution >= 0.6 is 11.6 Å². The van der Waals surface area contributed by atoms with E-state index in [9.17, 15) is 9.59 Å². The van der Waals surface area contributed by atoms with Gasteiger partial charge in [0.05, 0.1) is 12.1 Å². The second-order valence-corrected chi connectivity index (χ2v) is 4.60. The lowest BCUT2D eigenvalue weighted by Gasteiger charge is -2.12. The molecule has 2 N–H and O–H groups in total. The van der Waals surface area contributed by atoms with Crippen molar-refractivity contribution in [3.05, 3.63) is 23.2 Å². The van der Waals surface area contributed by atoms with Gasteiger partial charge in [0.2, 0.25) is 5.91 Å². The number of carbonyl (C=O) groups is 2. The Balaban J connectivity index is 2.15. The minimum atomic E-state index is -1.26. The van der Waals surface area contributed by atoms with Gasteiger partial charge in [0.15, 0.2) is 0 Å². The molecule has 1 aromatic rings. The maximum absolute atomic E-state index is 11.9. The molecule has 0 atom stereocenters. The van der Waals surface area contributed by atoms with E-state index in [0.717, 1.165) is 0 Å². The van der Waals surface area contributed by atoms with Crippen molar-refractivity contribution in [2.24, 2.45) is 5.41 Å². The predicted molar refractivity (Wildman–Crippen MR) is 65.9 cm³/mol. The average molecular weight is 270 g/mol. The molecule has 0 spiro atoms. The van der Waals surface area contributed by atoms with Gasteiger partial charge in [-0.25, -0.2) is 0 Å². The van der Waals surface area contributed by atoms with Gasteiger partial charge in [-0.05, 0) is 25.0 Å². The van der Waals surface area contributed by atoms with Crippen molar-refractivity contribution in [2.75, 3.05) is 12.4 Å². The number of carboxylic acid groups (broad SMARTS) is 1. The zero-order chi connectivity index (χ0) is 13.3. The molecule has 96 valence electrons. The molecule has 1 aliphatic carbocycles. The number of hydrogen-bond donors (Lipinski definition) is 2. The second kappa shape index (κ2) is 4.49. The van der Waals surface area contributed by atoms with Crippen LogP contribution in [0.5, 0.6) is 5.75 Å². The lowest BCUT2D eigenvalue weighted by molar-refractivity contribution is -0.147. The molecule has 1 saturated carbocycles. The molecule has 6 heteroatoms. The standard InChI is InChI=1S/C12H12ClNO4/c1-18-9-6-7(2-3-8(9)13)14-10(15)12(4-5-12)11(16)17/h2-3,6H,4-5H2,1H3,(H,14,15)(H,16,17). The van der Waals surface area contributed by atoms with Gasteiger partial charge in [0, 0.05) is 11.8 Å². The molecule has 0 unspecified atom stereocenters. The Bertz CT molecular complexity index is 511. The van der Waals surface area contributed by atoms with Crippen molar-refractivity contribution in [1.82, 2.24) is 0 Å². The van der Waals surface area contributed by atoms with Gasteiger partial charge >= 0.3 is 5.97 Å². The fraction of sp³-hybridized carbons (Fsp3) is 0.333. The number of anilines is 1. The van der Waals surface area contributed by atoms with Gasteiger partial charge in [0.1, 0.15) is 11.2 Å². The molecule has 1 aromatic carbocycles. The molecule has 1 amide bonds. The number of nitrogens with one attached hydrogen (secondary N) is 1. The summed E-state index contributed by atoms with van der Waals surface area (Å²) in [4.78, 5) is 22.8. The molecule has 5 nitrogen and oxygen atoms in total. The van der Waals surface area contributed by atoms with Crippen molar-refractivity contribution < 1.29 is 19.4 Å². The van der Waals surface area contributed by atoms with Crippen molar-refractivity contribution in [1.29, 1.82) is 0 Å². The highest BCUT2D eigenvalue weighted by molar-refractivity contribution is 6.32. The normalized spacial score (nSPS) is 15.9. The summed E-state index contributed by atoms with van der Waals surface area (Å²) in [5.41, 5.74) is -0.791. The third-order valence-corrected chi connectivity index (χ3v) is 3.32. The van der Waals surface area contributed by atoms with E-state index < -0.39 is 17.3 Å². The van der Waals surface area contributed by atoms with Crippen LogP contribution in [0.15, 0.2) is 18.2 Å². The van der Waals surface area contributed by atoms with E-state index in [0.29, 0.717) is 29.3 Å². The highest BCUT2D eigenvalue weighted by Crippen LogP contribution is 2.46. The number of ether oxygens (including phenoxy) is 1. The molecule has 1 aliphatic rings. The SMILES string of the molecule is COc1cc(NC(=O)C2(C(=O)O)CC2)ccc1Cl. The first-order valence-electron chi connectivity index (χ1n) is 5.38. The van der Waals surface area contributed by atoms with E-state index in [4.69, 9.17) is 21.4 Å². The van der Waals surface area contributed by atoms with Gasteiger partial charge in [-0.1, -0.05) is 11.6 Å². The quantitative estimate of drug-likeness (QED) is 0.821. The number of aliphatic carboxylic acids is 1. The van der Waals surface area contributed by atoms with Crippen LogP contribution in [0, 0.1) is 5.41 Å². The monoisotopic (exact) mass is 269 g/mol. The number of rotatable bonds is 4. The number of carboxylic acids is 1. The van der Waals surface area contributed by atoms with E-state index in [2.05, 4.69) is 5.32 Å². The summed E-state index contributed by atoms with van der Waals surface area (Å²) < 4.78 is 5.02. The van der Waals surface area contributed by atoms with Gasteiger partial charge in [0.25, 0.3) is 0 Å². The largest absolute Gasteiger partial charge is 0.495 e. The third-order valence-electron chi connectivity index (χ3n) is 3.00. The smallest absolute Gasteiger partial charge is 0.319 e. The van der Waals surface area contributed by atoms with Crippen LogP contribution in [0.3, 0.4) is 0 Å². The first-order chi connectivity index (χ1) is 8.49. The Morgan fingerprint density at radius 1 is 1.44 bits per heavy atom. The molecule has 1 fully saturated rings. The highest BCUT2D eigenvalue weighted by atomic mass is 35.5. The number of methoxy groups -OCH3 is 1. The van der Waals surface area contributed by atoms with Crippen molar-refractivity contribution >= 4 is 29.2 Å². The molecule has 0 heterocycles. The molecule has 0 saturated heterocycles. The number of halogens is 1. The van der Waals surface area contributed by atoms with Crippen LogP contribution in [-0.4, -0.2) is 24.1 Å². The Labute approximate surface area is 109 Å². The van der Waals surface area contributed by atoms with Crippen molar-refractivity contribution in [3.63, 3.8) is 0 Å². The Morgan fingerprint density at radius 2 is 2.11 bits per heavy atom. The Kier molecular flexibility index (Phi) is 3.17. The lowest BCUT2D eigenvalue weighted by Crippen LogP contribution is -2.31. The van der Waals surface area contributed by atoms with Crippen LogP contribution in [0.2, 0.25) is 5.02 Å². The number of carbonyl (C=O) groups excluding carboxylic acids is 1. The second-order valence-electron chi connectivity index (χ2n) is 4.19. The van der Waals surface area contributed by atoms with Crippen LogP contribution in [-0.2, 0) is 9.59 Å². The maximum Gasteiger partial charge on any atom is 0.319 e. The predicted octanol–water partition coefficient (Wildman–Crippen LogP) is 2.15. The van der Waals surface area contributed by atoms with Gasteiger partial charge in [-0.2, -0.15) is 0 Å². The van der Waals surface area contributed by atoms with E-state index >= 15 is 0 Å². The molecule has 0 aliphatic heterocycles. The summed E-state index contributed by atoms with van der Waals surface area (Å²) in [7, 11) is 1.46. The molecular weight excluding hydrogens is 258 g/mol. The van der Waals surface area contributed by atoms with Gasteiger partial charge < -0.3 is 15.2 Å². The molecule has 0 radical (unpaired) electrons. The van der Waals surface area contributed by atoms with Gasteiger partial charge in [-0.3, -0.25) is 9.59 Å². The summed E-state index contributed by atoms with van der Waals surface area (Å²) in [5.74, 6) is -1.16. The van der Waals surface area contributed by atoms with Crippen LogP contribution < -0.4 is 10.1 Å². The fourth-order valence-electron chi connectivity index (χ4n) is 1.65. The van der Waals surface area contributed by atoms with Crippen LogP contribution in [0.25, 0.3) is 0 Å². The summed E-state index contributed by atoms with van der Waals surface area (Å²) in [6, 6.07) is 4.73. The zero-order valence-electron chi connectivity index (χ0n) is 9.70. The topological polar surface area (TPSA) is 75.6 Å². The summed E-state index contributed by atoms with van der Waals surface area (Å²) in [6.45, 7) is 0. The lowest BCUT2D eigenvalue weighted by atomic mass is 10.1. The molecular formula is C12H12ClNO4. The number of benzene rings is 1. The van der Waals surface area contributed by atoms with E-state index in [1.54, 1.807) is 18.2 Å². The van der Waals surface area contributed by atoms with Gasteiger partial charge in [-0.15, -0.1) is 0 Å². The maximum atomic E-state index is 11.9. The highest BCUT2D eigenvalue weighted by Gasteiger charge is 2.57. The first kappa shape index (κ1) is 12.7. The minimum Gasteiger partial charge on any atom is -0.495 e. The third kappa shape index (κ3) is 2.13. The van der Waals surface area contributed by atoms with Crippen molar-refractivity contribution in [2.45, 2.75) is 12.8 Å². The molecule has 18 heavy (non-hydrogen) atoms. The Hall–Kier alpha value is -1.75. The Morgan fingerprint density at radius 3 is 2.61 bits per heavy atom. The molecule has 0 bridgehead atoms. The van der Waals surface area contributed by atoms with E-state index in [1.807, 2.05) is 0 Å². The average Bonchev–Trinajstić information content (AvgIpc) is 3.12. The summed E-state index contributed by atoms with van der Waals surface area (Å²) >= 11 is 5.85. The van der Waals surface area contributed by atoms with Crippen molar-refractivity contribution in [3.8, 4) is 5.75 Å². The minimum absolute atomic E-state index is 0.374. The van der Waals surface area contributed by atoms with E-state index in [-0.39, 0.29) is 0 Å². The molecule has 2 rings (SSSR count). The number of hydrogen-bond acceptors (Lipinski definition) is 3. The summed E-state index contributed by atoms with van der Waals surface area (Å²) in [5, 5.41) is 12.0. The van der Waals surface area contributed by atoms with Crippen LogP contribution in [0.1, 0.15) is 12.8 Å². The zero-order valence-corrected chi connectivity index (χ0v) is 10.5. The molecule has 0 aromatic heterocycles. The fourth-order valence-corrected chi connectivity index (χ4v) is 1.85.